The van der Waals surface area contributed by atoms with E-state index in [1.165, 1.54) is 0 Å². The Labute approximate surface area is 108 Å². The van der Waals surface area contributed by atoms with Gasteiger partial charge in [0.15, 0.2) is 11.5 Å². The summed E-state index contributed by atoms with van der Waals surface area (Å²) >= 11 is 6.10. The Bertz CT molecular complexity index is 584. The lowest BCUT2D eigenvalue weighted by atomic mass is 10.2. The highest BCUT2D eigenvalue weighted by Gasteiger charge is 2.18. The fourth-order valence-corrected chi connectivity index (χ4v) is 2.10. The van der Waals surface area contributed by atoms with Crippen LogP contribution in [-0.2, 0) is 13.1 Å². The Morgan fingerprint density at radius 2 is 2.28 bits per heavy atom. The monoisotopic (exact) mass is 266 g/mol. The molecule has 0 amide bonds. The molecule has 0 bridgehead atoms. The fraction of sp³-hybridized carbons (Fsp3) is 0.273. The zero-order valence-corrected chi connectivity index (χ0v) is 10.2. The van der Waals surface area contributed by atoms with E-state index in [1.54, 1.807) is 10.9 Å². The third kappa shape index (κ3) is 2.00. The molecule has 0 spiro atoms. The Morgan fingerprint density at radius 1 is 1.39 bits per heavy atom. The first-order valence-corrected chi connectivity index (χ1v) is 5.81. The largest absolute Gasteiger partial charge is 0.454 e. The minimum atomic E-state index is 0.207. The lowest BCUT2D eigenvalue weighted by Gasteiger charge is -2.04. The van der Waals surface area contributed by atoms with Crippen molar-refractivity contribution in [3.8, 4) is 11.5 Å². The molecule has 0 radical (unpaired) electrons. The summed E-state index contributed by atoms with van der Waals surface area (Å²) in [4.78, 5) is 0. The van der Waals surface area contributed by atoms with Crippen LogP contribution in [0.2, 0.25) is 5.02 Å². The Kier molecular flexibility index (Phi) is 2.81. The first-order valence-electron chi connectivity index (χ1n) is 5.43. The van der Waals surface area contributed by atoms with E-state index in [-0.39, 0.29) is 6.79 Å². The lowest BCUT2D eigenvalue weighted by Crippen LogP contribution is -2.00. The summed E-state index contributed by atoms with van der Waals surface area (Å²) in [5, 5.41) is 8.44. The smallest absolute Gasteiger partial charge is 0.231 e. The van der Waals surface area contributed by atoms with Crippen molar-refractivity contribution in [1.82, 2.24) is 15.0 Å². The van der Waals surface area contributed by atoms with E-state index in [0.29, 0.717) is 29.6 Å². The number of nitrogens with two attached hydrogens (primary N) is 1. The van der Waals surface area contributed by atoms with Crippen LogP contribution in [0.5, 0.6) is 11.5 Å². The first kappa shape index (κ1) is 11.3. The average Bonchev–Trinajstić information content (AvgIpc) is 2.97. The van der Waals surface area contributed by atoms with E-state index in [4.69, 9.17) is 26.8 Å². The van der Waals surface area contributed by atoms with Crippen LogP contribution >= 0.6 is 11.6 Å². The minimum Gasteiger partial charge on any atom is -0.454 e. The molecule has 18 heavy (non-hydrogen) atoms. The zero-order chi connectivity index (χ0) is 12.5. The molecule has 2 aromatic rings. The number of halogens is 1. The third-order valence-electron chi connectivity index (χ3n) is 2.63. The standard InChI is InChI=1S/C11H11ClN4O2/c12-9-1-7(2-10-11(9)18-6-17-10)4-16-5-8(3-13)14-15-16/h1-2,5H,3-4,6,13H2. The number of aromatic nitrogens is 3. The van der Waals surface area contributed by atoms with Crippen LogP contribution in [0.25, 0.3) is 0 Å². The maximum absolute atomic E-state index is 6.10. The molecule has 6 nitrogen and oxygen atoms in total. The summed E-state index contributed by atoms with van der Waals surface area (Å²) in [7, 11) is 0. The van der Waals surface area contributed by atoms with Crippen molar-refractivity contribution in [1.29, 1.82) is 0 Å². The number of rotatable bonds is 3. The van der Waals surface area contributed by atoms with Crippen molar-refractivity contribution in [2.45, 2.75) is 13.1 Å². The van der Waals surface area contributed by atoms with Crippen LogP contribution in [0, 0.1) is 0 Å². The van der Waals surface area contributed by atoms with Gasteiger partial charge in [-0.3, -0.25) is 0 Å². The van der Waals surface area contributed by atoms with Crippen molar-refractivity contribution in [3.05, 3.63) is 34.6 Å². The number of hydrogen-bond donors (Lipinski definition) is 1. The predicted octanol–water partition coefficient (Wildman–Crippen LogP) is 1.17. The minimum absolute atomic E-state index is 0.207. The Morgan fingerprint density at radius 3 is 3.06 bits per heavy atom. The molecule has 1 aliphatic rings. The van der Waals surface area contributed by atoms with E-state index in [0.717, 1.165) is 11.3 Å². The van der Waals surface area contributed by atoms with Gasteiger partial charge in [-0.05, 0) is 17.7 Å². The molecule has 0 saturated heterocycles. The zero-order valence-electron chi connectivity index (χ0n) is 9.47. The lowest BCUT2D eigenvalue weighted by molar-refractivity contribution is 0.174. The van der Waals surface area contributed by atoms with Crippen LogP contribution in [-0.4, -0.2) is 21.8 Å². The molecule has 3 rings (SSSR count). The predicted molar refractivity (Wildman–Crippen MR) is 64.6 cm³/mol. The quantitative estimate of drug-likeness (QED) is 0.902. The molecule has 7 heteroatoms. The fourth-order valence-electron chi connectivity index (χ4n) is 1.81. The molecule has 0 atom stereocenters. The van der Waals surface area contributed by atoms with Gasteiger partial charge in [0.25, 0.3) is 0 Å². The summed E-state index contributed by atoms with van der Waals surface area (Å²) in [6.45, 7) is 1.14. The molecule has 2 heterocycles. The average molecular weight is 267 g/mol. The van der Waals surface area contributed by atoms with E-state index in [9.17, 15) is 0 Å². The second kappa shape index (κ2) is 4.47. The molecule has 0 aliphatic carbocycles. The van der Waals surface area contributed by atoms with Gasteiger partial charge in [0.2, 0.25) is 6.79 Å². The van der Waals surface area contributed by atoms with Crippen molar-refractivity contribution in [2.24, 2.45) is 5.73 Å². The van der Waals surface area contributed by atoms with E-state index in [1.807, 2.05) is 12.1 Å². The van der Waals surface area contributed by atoms with Gasteiger partial charge >= 0.3 is 0 Å². The van der Waals surface area contributed by atoms with Gasteiger partial charge in [-0.25, -0.2) is 4.68 Å². The second-order valence-corrected chi connectivity index (χ2v) is 4.33. The maximum atomic E-state index is 6.10. The van der Waals surface area contributed by atoms with Crippen LogP contribution < -0.4 is 15.2 Å². The molecule has 1 aromatic carbocycles. The maximum Gasteiger partial charge on any atom is 0.231 e. The van der Waals surface area contributed by atoms with E-state index < -0.39 is 0 Å². The van der Waals surface area contributed by atoms with Crippen molar-refractivity contribution >= 4 is 11.6 Å². The van der Waals surface area contributed by atoms with Crippen LogP contribution in [0.4, 0.5) is 0 Å². The summed E-state index contributed by atoms with van der Waals surface area (Å²) < 4.78 is 12.3. The van der Waals surface area contributed by atoms with Gasteiger partial charge in [-0.15, -0.1) is 5.10 Å². The highest BCUT2D eigenvalue weighted by Crippen LogP contribution is 2.39. The highest BCUT2D eigenvalue weighted by molar-refractivity contribution is 6.32. The molecule has 0 fully saturated rings. The number of nitrogens with zero attached hydrogens (tertiary/aromatic N) is 3. The summed E-state index contributed by atoms with van der Waals surface area (Å²) in [5.74, 6) is 1.26. The summed E-state index contributed by atoms with van der Waals surface area (Å²) in [6.07, 6.45) is 1.80. The number of benzene rings is 1. The van der Waals surface area contributed by atoms with Crippen molar-refractivity contribution in [3.63, 3.8) is 0 Å². The number of ether oxygens (including phenoxy) is 2. The topological polar surface area (TPSA) is 75.2 Å². The third-order valence-corrected chi connectivity index (χ3v) is 2.91. The van der Waals surface area contributed by atoms with Gasteiger partial charge in [0, 0.05) is 6.54 Å². The first-order chi connectivity index (χ1) is 8.76. The molecule has 1 aromatic heterocycles. The Hall–Kier alpha value is -1.79. The van der Waals surface area contributed by atoms with Crippen LogP contribution in [0.15, 0.2) is 18.3 Å². The molecule has 2 N–H and O–H groups in total. The molecule has 94 valence electrons. The molecule has 0 saturated carbocycles. The highest BCUT2D eigenvalue weighted by atomic mass is 35.5. The summed E-state index contributed by atoms with van der Waals surface area (Å²) in [5.41, 5.74) is 7.20. The summed E-state index contributed by atoms with van der Waals surface area (Å²) in [6, 6.07) is 3.72. The molecular formula is C11H11ClN4O2. The van der Waals surface area contributed by atoms with Gasteiger partial charge in [-0.1, -0.05) is 16.8 Å². The second-order valence-electron chi connectivity index (χ2n) is 3.92. The molecule has 1 aliphatic heterocycles. The molecular weight excluding hydrogens is 256 g/mol. The number of hydrogen-bond acceptors (Lipinski definition) is 5. The SMILES string of the molecule is NCc1cn(Cc2cc(Cl)c3c(c2)OCO3)nn1. The normalized spacial score (nSPS) is 13.0. The van der Waals surface area contributed by atoms with Gasteiger partial charge in [0.05, 0.1) is 23.5 Å². The van der Waals surface area contributed by atoms with Crippen LogP contribution in [0.3, 0.4) is 0 Å². The van der Waals surface area contributed by atoms with Gasteiger partial charge in [-0.2, -0.15) is 0 Å². The van der Waals surface area contributed by atoms with Crippen molar-refractivity contribution in [2.75, 3.05) is 6.79 Å². The molecule has 0 unspecified atom stereocenters. The van der Waals surface area contributed by atoms with Gasteiger partial charge < -0.3 is 15.2 Å². The van der Waals surface area contributed by atoms with E-state index in [2.05, 4.69) is 10.3 Å². The van der Waals surface area contributed by atoms with Crippen molar-refractivity contribution < 1.29 is 9.47 Å². The Balaban J connectivity index is 1.87. The van der Waals surface area contributed by atoms with Gasteiger partial charge in [0.1, 0.15) is 0 Å². The van der Waals surface area contributed by atoms with E-state index >= 15 is 0 Å². The van der Waals surface area contributed by atoms with Crippen LogP contribution in [0.1, 0.15) is 11.3 Å². The number of fused-ring (bicyclic) bond motifs is 1.